The molecular weight excluding hydrogens is 264 g/mol. The second-order valence-corrected chi connectivity index (χ2v) is 5.40. The number of hydrogen-bond donors (Lipinski definition) is 2. The molecule has 3 heteroatoms. The minimum atomic E-state index is -0.749. The molecule has 0 amide bonds. The molecule has 0 unspecified atom stereocenters. The van der Waals surface area contributed by atoms with Gasteiger partial charge in [0.2, 0.25) is 0 Å². The van der Waals surface area contributed by atoms with Crippen molar-refractivity contribution in [1.82, 2.24) is 0 Å². The molecule has 0 spiro atoms. The number of aliphatic hydroxyl groups is 1. The summed E-state index contributed by atoms with van der Waals surface area (Å²) in [6.07, 6.45) is 13.7. The van der Waals surface area contributed by atoms with Crippen LogP contribution in [0.5, 0.6) is 0 Å². The van der Waals surface area contributed by atoms with E-state index in [1.807, 2.05) is 0 Å². The van der Waals surface area contributed by atoms with E-state index < -0.39 is 12.1 Å². The average molecular weight is 294 g/mol. The van der Waals surface area contributed by atoms with Crippen LogP contribution in [0.1, 0.15) is 77.6 Å². The Bertz CT molecular complexity index is 336. The number of carboxylic acids is 1. The van der Waals surface area contributed by atoms with E-state index in [9.17, 15) is 9.90 Å². The normalized spacial score (nSPS) is 12.1. The molecule has 0 heterocycles. The summed E-state index contributed by atoms with van der Waals surface area (Å²) in [5.41, 5.74) is 0. The third-order valence-electron chi connectivity index (χ3n) is 3.30. The third-order valence-corrected chi connectivity index (χ3v) is 3.30. The first-order chi connectivity index (χ1) is 10.2. The van der Waals surface area contributed by atoms with Crippen LogP contribution in [0.4, 0.5) is 0 Å². The predicted octanol–water partition coefficient (Wildman–Crippen LogP) is 4.30. The zero-order valence-corrected chi connectivity index (χ0v) is 13.3. The van der Waals surface area contributed by atoms with Gasteiger partial charge in [-0.3, -0.25) is 4.79 Å². The van der Waals surface area contributed by atoms with Crippen molar-refractivity contribution in [1.29, 1.82) is 0 Å². The summed E-state index contributed by atoms with van der Waals surface area (Å²) < 4.78 is 0. The molecule has 0 aromatic rings. The van der Waals surface area contributed by atoms with Crippen LogP contribution in [0.25, 0.3) is 0 Å². The second kappa shape index (κ2) is 15.1. The van der Waals surface area contributed by atoms with Crippen LogP contribution in [-0.2, 0) is 4.79 Å². The van der Waals surface area contributed by atoms with Gasteiger partial charge in [-0.1, -0.05) is 57.3 Å². The summed E-state index contributed by atoms with van der Waals surface area (Å²) in [6, 6.07) is 0. The van der Waals surface area contributed by atoms with Crippen molar-refractivity contribution in [3.8, 4) is 11.8 Å². The summed E-state index contributed by atoms with van der Waals surface area (Å²) in [5, 5.41) is 18.2. The van der Waals surface area contributed by atoms with E-state index in [0.29, 0.717) is 12.8 Å². The highest BCUT2D eigenvalue weighted by molar-refractivity contribution is 5.66. The van der Waals surface area contributed by atoms with Crippen molar-refractivity contribution in [2.75, 3.05) is 0 Å². The van der Waals surface area contributed by atoms with Crippen LogP contribution < -0.4 is 0 Å². The van der Waals surface area contributed by atoms with Gasteiger partial charge in [0, 0.05) is 12.8 Å². The Morgan fingerprint density at radius 2 is 1.81 bits per heavy atom. The van der Waals surface area contributed by atoms with Gasteiger partial charge in [-0.25, -0.2) is 0 Å². The monoisotopic (exact) mass is 294 g/mol. The number of hydrogen-bond acceptors (Lipinski definition) is 2. The molecule has 2 N–H and O–H groups in total. The molecule has 0 aliphatic carbocycles. The number of allylic oxidation sites excluding steroid dienone is 1. The summed E-state index contributed by atoms with van der Waals surface area (Å²) in [5.74, 6) is 5.10. The molecule has 21 heavy (non-hydrogen) atoms. The van der Waals surface area contributed by atoms with Crippen molar-refractivity contribution in [2.45, 2.75) is 83.7 Å². The fraction of sp³-hybridized carbons (Fsp3) is 0.722. The Hall–Kier alpha value is -1.27. The molecular formula is C18H30O3. The van der Waals surface area contributed by atoms with E-state index >= 15 is 0 Å². The number of unbranched alkanes of at least 4 members (excludes halogenated alkanes) is 7. The molecule has 0 aromatic heterocycles. The lowest BCUT2D eigenvalue weighted by molar-refractivity contribution is -0.137. The highest BCUT2D eigenvalue weighted by atomic mass is 16.4. The predicted molar refractivity (Wildman–Crippen MR) is 87.0 cm³/mol. The van der Waals surface area contributed by atoms with E-state index in [-0.39, 0.29) is 6.42 Å². The van der Waals surface area contributed by atoms with Crippen LogP contribution in [-0.4, -0.2) is 22.3 Å². The summed E-state index contributed by atoms with van der Waals surface area (Å²) in [7, 11) is 0. The first kappa shape index (κ1) is 19.7. The van der Waals surface area contributed by atoms with Crippen molar-refractivity contribution < 1.29 is 15.0 Å². The Morgan fingerprint density at radius 1 is 1.10 bits per heavy atom. The van der Waals surface area contributed by atoms with Crippen LogP contribution >= 0.6 is 0 Å². The van der Waals surface area contributed by atoms with Crippen molar-refractivity contribution in [3.05, 3.63) is 12.2 Å². The van der Waals surface area contributed by atoms with E-state index in [2.05, 4.69) is 18.8 Å². The Kier molecular flexibility index (Phi) is 14.2. The molecule has 0 fully saturated rings. The van der Waals surface area contributed by atoms with Gasteiger partial charge in [0.25, 0.3) is 0 Å². The molecule has 0 aliphatic heterocycles. The topological polar surface area (TPSA) is 57.5 Å². The molecule has 0 aliphatic rings. The molecule has 0 saturated heterocycles. The third kappa shape index (κ3) is 16.7. The lowest BCUT2D eigenvalue weighted by Crippen LogP contribution is -2.01. The maximum Gasteiger partial charge on any atom is 0.303 e. The Balaban J connectivity index is 3.48. The molecule has 1 atom stereocenters. The minimum absolute atomic E-state index is 0.217. The van der Waals surface area contributed by atoms with Crippen molar-refractivity contribution in [3.63, 3.8) is 0 Å². The summed E-state index contributed by atoms with van der Waals surface area (Å²) in [6.45, 7) is 2.21. The molecule has 0 aromatic carbocycles. The van der Waals surface area contributed by atoms with Gasteiger partial charge in [0.1, 0.15) is 0 Å². The summed E-state index contributed by atoms with van der Waals surface area (Å²) >= 11 is 0. The Labute approximate surface area is 129 Å². The summed E-state index contributed by atoms with van der Waals surface area (Å²) in [4.78, 5) is 10.3. The van der Waals surface area contributed by atoms with Gasteiger partial charge in [0.15, 0.2) is 0 Å². The fourth-order valence-corrected chi connectivity index (χ4v) is 2.01. The number of aliphatic hydroxyl groups excluding tert-OH is 1. The van der Waals surface area contributed by atoms with E-state index in [1.54, 1.807) is 12.2 Å². The van der Waals surface area contributed by atoms with E-state index in [0.717, 1.165) is 19.3 Å². The molecule has 0 radical (unpaired) electrons. The minimum Gasteiger partial charge on any atom is -0.481 e. The SMILES string of the molecule is CCCCCCCC[C@@H](O)/C=C/C#CCCCCC(=O)O. The van der Waals surface area contributed by atoms with Gasteiger partial charge in [-0.2, -0.15) is 0 Å². The number of carbonyl (C=O) groups is 1. The largest absolute Gasteiger partial charge is 0.481 e. The van der Waals surface area contributed by atoms with Crippen molar-refractivity contribution in [2.24, 2.45) is 0 Å². The average Bonchev–Trinajstić information content (AvgIpc) is 2.45. The number of aliphatic carboxylic acids is 1. The molecule has 0 rings (SSSR count). The molecule has 0 bridgehead atoms. The van der Waals surface area contributed by atoms with Crippen molar-refractivity contribution >= 4 is 5.97 Å². The van der Waals surface area contributed by atoms with Gasteiger partial charge in [-0.15, -0.1) is 0 Å². The van der Waals surface area contributed by atoms with E-state index in [1.165, 1.54) is 32.1 Å². The smallest absolute Gasteiger partial charge is 0.303 e. The van der Waals surface area contributed by atoms with Gasteiger partial charge >= 0.3 is 5.97 Å². The first-order valence-corrected chi connectivity index (χ1v) is 8.21. The quantitative estimate of drug-likeness (QED) is 0.417. The van der Waals surface area contributed by atoms with Gasteiger partial charge in [-0.05, 0) is 31.4 Å². The lowest BCUT2D eigenvalue weighted by atomic mass is 10.1. The van der Waals surface area contributed by atoms with Gasteiger partial charge < -0.3 is 10.2 Å². The molecule has 0 saturated carbocycles. The van der Waals surface area contributed by atoms with Crippen LogP contribution in [0.2, 0.25) is 0 Å². The van der Waals surface area contributed by atoms with E-state index in [4.69, 9.17) is 5.11 Å². The number of rotatable bonds is 12. The fourth-order valence-electron chi connectivity index (χ4n) is 2.01. The van der Waals surface area contributed by atoms with Crippen LogP contribution in [0.15, 0.2) is 12.2 Å². The molecule has 120 valence electrons. The zero-order chi connectivity index (χ0) is 15.8. The Morgan fingerprint density at radius 3 is 2.52 bits per heavy atom. The first-order valence-electron chi connectivity index (χ1n) is 8.21. The zero-order valence-electron chi connectivity index (χ0n) is 13.3. The maximum atomic E-state index is 10.3. The van der Waals surface area contributed by atoms with Crippen LogP contribution in [0.3, 0.4) is 0 Å². The maximum absolute atomic E-state index is 10.3. The van der Waals surface area contributed by atoms with Crippen LogP contribution in [0, 0.1) is 11.8 Å². The highest BCUT2D eigenvalue weighted by Gasteiger charge is 1.98. The highest BCUT2D eigenvalue weighted by Crippen LogP contribution is 2.09. The lowest BCUT2D eigenvalue weighted by Gasteiger charge is -2.04. The number of carboxylic acid groups (broad SMARTS) is 1. The second-order valence-electron chi connectivity index (χ2n) is 5.40. The molecule has 3 nitrogen and oxygen atoms in total. The van der Waals surface area contributed by atoms with Gasteiger partial charge in [0.05, 0.1) is 6.10 Å². The standard InChI is InChI=1S/C18H30O3/c1-2-3-4-5-8-11-14-17(19)15-12-9-6-7-10-13-16-18(20)21/h12,15,17,19H,2-5,7-8,10-11,13-14,16H2,1H3,(H,20,21)/b15-12+/t17-/m1/s1.